The van der Waals surface area contributed by atoms with Gasteiger partial charge in [0.1, 0.15) is 0 Å². The Morgan fingerprint density at radius 2 is 0.883 bits per heavy atom. The van der Waals surface area contributed by atoms with Crippen LogP contribution in [0.2, 0.25) is 0 Å². The molecule has 0 amide bonds. The monoisotopic (exact) mass is 993 g/mol. The van der Waals surface area contributed by atoms with Crippen molar-refractivity contribution in [3.63, 3.8) is 0 Å². The molecule has 2 aliphatic rings. The van der Waals surface area contributed by atoms with Crippen LogP contribution in [-0.2, 0) is 0 Å². The van der Waals surface area contributed by atoms with Crippen LogP contribution in [0, 0.1) is 0 Å². The van der Waals surface area contributed by atoms with Crippen molar-refractivity contribution in [2.24, 2.45) is 0 Å². The summed E-state index contributed by atoms with van der Waals surface area (Å²) < 4.78 is 7.82. The largest absolute Gasteiger partial charge is 0.310 e. The Morgan fingerprint density at radius 3 is 1.58 bits per heavy atom. The highest BCUT2D eigenvalue weighted by molar-refractivity contribution is 7.28. The number of nitrogens with zero attached hydrogens (tertiary/aromatic N) is 3. The summed E-state index contributed by atoms with van der Waals surface area (Å²) in [7, 11) is 0. The van der Waals surface area contributed by atoms with Gasteiger partial charge in [-0.25, -0.2) is 0 Å². The Morgan fingerprint density at radius 1 is 0.312 bits per heavy atom. The number of para-hydroxylation sites is 3. The molecule has 5 heterocycles. The highest BCUT2D eigenvalue weighted by Crippen LogP contribution is 2.52. The van der Waals surface area contributed by atoms with Crippen molar-refractivity contribution in [1.82, 2.24) is 9.13 Å². The van der Waals surface area contributed by atoms with Crippen LogP contribution in [0.15, 0.2) is 267 Å². The second-order valence-corrected chi connectivity index (χ2v) is 21.8. The van der Waals surface area contributed by atoms with E-state index in [2.05, 4.69) is 281 Å². The average molecular weight is 994 g/mol. The number of anilines is 3. The van der Waals surface area contributed by atoms with E-state index in [0.29, 0.717) is 0 Å². The van der Waals surface area contributed by atoms with Gasteiger partial charge in [-0.3, -0.25) is 0 Å². The van der Waals surface area contributed by atoms with E-state index in [1.807, 2.05) is 11.3 Å². The molecule has 15 aromatic rings. The average Bonchev–Trinajstić information content (AvgIpc) is 4.07. The number of fused-ring (bicyclic) bond motifs is 14. The minimum Gasteiger partial charge on any atom is -0.310 e. The molecule has 0 saturated carbocycles. The summed E-state index contributed by atoms with van der Waals surface area (Å²) in [6.45, 7) is -0.136. The van der Waals surface area contributed by atoms with Gasteiger partial charge in [0.05, 0.1) is 27.8 Å². The predicted octanol–water partition coefficient (Wildman–Crippen LogP) is 17.5. The zero-order chi connectivity index (χ0) is 50.3. The highest BCUT2D eigenvalue weighted by Gasteiger charge is 2.45. The molecule has 0 N–H and O–H groups in total. The number of hydrogen-bond acceptors (Lipinski definition) is 2. The summed E-state index contributed by atoms with van der Waals surface area (Å²) >= 11 is 1.95. The molecular formula is C72H44BN3S. The molecule has 0 saturated heterocycles. The number of rotatable bonds is 6. The molecule has 0 bridgehead atoms. The molecule has 17 rings (SSSR count). The zero-order valence-corrected chi connectivity index (χ0v) is 42.5. The minimum atomic E-state index is -0.136. The first kappa shape index (κ1) is 42.7. The van der Waals surface area contributed by atoms with Crippen LogP contribution in [0.1, 0.15) is 0 Å². The predicted molar refractivity (Wildman–Crippen MR) is 329 cm³/mol. The summed E-state index contributed by atoms with van der Waals surface area (Å²) in [5.41, 5.74) is 24.2. The lowest BCUT2D eigenvalue weighted by molar-refractivity contribution is 1.17. The fourth-order valence-electron chi connectivity index (χ4n) is 13.4. The Kier molecular flexibility index (Phi) is 9.09. The van der Waals surface area contributed by atoms with Crippen LogP contribution in [0.5, 0.6) is 0 Å². The fraction of sp³-hybridized carbons (Fsp3) is 0. The Labute approximate surface area is 449 Å². The normalized spacial score (nSPS) is 12.6. The number of aromatic nitrogens is 2. The van der Waals surface area contributed by atoms with Crippen LogP contribution in [0.3, 0.4) is 0 Å². The van der Waals surface area contributed by atoms with Crippen molar-refractivity contribution in [2.75, 3.05) is 4.90 Å². The Balaban J connectivity index is 1.10. The van der Waals surface area contributed by atoms with E-state index in [1.54, 1.807) is 0 Å². The van der Waals surface area contributed by atoms with Gasteiger partial charge in [-0.1, -0.05) is 206 Å². The molecule has 0 radical (unpaired) electrons. The van der Waals surface area contributed by atoms with E-state index in [9.17, 15) is 0 Å². The van der Waals surface area contributed by atoms with Crippen molar-refractivity contribution < 1.29 is 0 Å². The molecule has 3 aromatic heterocycles. The lowest BCUT2D eigenvalue weighted by Crippen LogP contribution is -2.60. The Bertz CT molecular complexity index is 4850. The summed E-state index contributed by atoms with van der Waals surface area (Å²) in [5, 5.41) is 7.62. The van der Waals surface area contributed by atoms with Crippen molar-refractivity contribution in [1.29, 1.82) is 0 Å². The van der Waals surface area contributed by atoms with Crippen molar-refractivity contribution in [2.45, 2.75) is 0 Å². The summed E-state index contributed by atoms with van der Waals surface area (Å²) in [6.07, 6.45) is 0. The first-order valence-electron chi connectivity index (χ1n) is 26.6. The van der Waals surface area contributed by atoms with Crippen molar-refractivity contribution in [3.05, 3.63) is 267 Å². The lowest BCUT2D eigenvalue weighted by atomic mass is 9.33. The molecule has 3 nitrogen and oxygen atoms in total. The molecular weight excluding hydrogens is 950 g/mol. The van der Waals surface area contributed by atoms with Gasteiger partial charge < -0.3 is 14.0 Å². The van der Waals surface area contributed by atoms with Gasteiger partial charge in [0, 0.05) is 75.6 Å². The molecule has 0 spiro atoms. The van der Waals surface area contributed by atoms with E-state index >= 15 is 0 Å². The highest BCUT2D eigenvalue weighted by atomic mass is 32.1. The van der Waals surface area contributed by atoms with Gasteiger partial charge >= 0.3 is 0 Å². The van der Waals surface area contributed by atoms with E-state index in [-0.39, 0.29) is 6.71 Å². The first-order valence-corrected chi connectivity index (χ1v) is 27.4. The second-order valence-electron chi connectivity index (χ2n) is 20.7. The molecule has 12 aromatic carbocycles. The Hall–Kier alpha value is -9.68. The van der Waals surface area contributed by atoms with Crippen LogP contribution in [0.4, 0.5) is 17.1 Å². The third-order valence-corrected chi connectivity index (χ3v) is 17.9. The quantitative estimate of drug-likeness (QED) is 0.151. The van der Waals surface area contributed by atoms with Crippen LogP contribution >= 0.6 is 11.3 Å². The van der Waals surface area contributed by atoms with Gasteiger partial charge in [0.25, 0.3) is 6.71 Å². The summed E-state index contributed by atoms with van der Waals surface area (Å²) in [6, 6.07) is 99.7. The number of hydrogen-bond donors (Lipinski definition) is 0. The topological polar surface area (TPSA) is 13.1 Å². The van der Waals surface area contributed by atoms with E-state index in [0.717, 1.165) is 11.4 Å². The van der Waals surface area contributed by atoms with Gasteiger partial charge in [0.2, 0.25) is 0 Å². The number of benzene rings is 12. The van der Waals surface area contributed by atoms with Gasteiger partial charge in [-0.05, 0) is 110 Å². The summed E-state index contributed by atoms with van der Waals surface area (Å²) in [5.74, 6) is 0. The fourth-order valence-corrected chi connectivity index (χ4v) is 14.7. The third kappa shape index (κ3) is 6.15. The molecule has 0 unspecified atom stereocenters. The maximum absolute atomic E-state index is 2.68. The molecule has 2 aliphatic heterocycles. The number of thiophene rings is 1. The maximum Gasteiger partial charge on any atom is 0.254 e. The zero-order valence-electron chi connectivity index (χ0n) is 41.7. The minimum absolute atomic E-state index is 0.136. The maximum atomic E-state index is 2.68. The van der Waals surface area contributed by atoms with Crippen LogP contribution in [-0.4, -0.2) is 15.8 Å². The van der Waals surface area contributed by atoms with Crippen LogP contribution in [0.25, 0.3) is 120 Å². The molecule has 5 heteroatoms. The smallest absolute Gasteiger partial charge is 0.254 e. The molecule has 356 valence electrons. The van der Waals surface area contributed by atoms with E-state index < -0.39 is 0 Å². The standard InChI is InChI=1S/C72H44BN3S/c1-6-21-45(22-7-1)49-37-38-55-57-43-64-60(44-63(57)74(62(55)39-49)51-29-14-5-15-30-51)73-68-65(75-61-35-18-16-31-54(61)58-42-59-56-32-17-19-36-67(56)77-72(59)69(73)71(58)75)40-50(46-23-8-2-9-24-46)41-66(68)76(64)70-52(47-25-10-3-11-26-47)33-20-34-53(70)48-27-12-4-13-28-48/h1-44H. The third-order valence-electron chi connectivity index (χ3n) is 16.7. The second kappa shape index (κ2) is 16.4. The van der Waals surface area contributed by atoms with Crippen molar-refractivity contribution in [3.8, 4) is 55.9 Å². The molecule has 0 aliphatic carbocycles. The summed E-state index contributed by atoms with van der Waals surface area (Å²) in [4.78, 5) is 2.68. The van der Waals surface area contributed by atoms with Crippen molar-refractivity contribution >= 4 is 115 Å². The SMILES string of the molecule is c1ccc(-c2cc3c4c(c2)-n2c5ccccc5c5cc6c(sc7ccccc76)c(c52)B4c2cc4c(cc2N3c2c(-c3ccccc3)cccc2-c2ccccc2)c2ccc(-c3ccccc3)cc2n4-c2ccccc2)cc1. The molecule has 0 atom stereocenters. The van der Waals surface area contributed by atoms with Gasteiger partial charge in [0.15, 0.2) is 0 Å². The van der Waals surface area contributed by atoms with E-state index in [1.165, 1.54) is 142 Å². The van der Waals surface area contributed by atoms with Gasteiger partial charge in [-0.2, -0.15) is 0 Å². The molecule has 77 heavy (non-hydrogen) atoms. The molecule has 0 fully saturated rings. The lowest BCUT2D eigenvalue weighted by Gasteiger charge is -2.42. The van der Waals surface area contributed by atoms with E-state index in [4.69, 9.17) is 0 Å². The van der Waals surface area contributed by atoms with Crippen LogP contribution < -0.4 is 21.3 Å². The first-order chi connectivity index (χ1) is 38.2. The van der Waals surface area contributed by atoms with Gasteiger partial charge in [-0.15, -0.1) is 11.3 Å².